The van der Waals surface area contributed by atoms with Gasteiger partial charge in [-0.2, -0.15) is 0 Å². The molecule has 0 aromatic carbocycles. The van der Waals surface area contributed by atoms with Crippen molar-refractivity contribution < 1.29 is 9.90 Å². The van der Waals surface area contributed by atoms with Crippen molar-refractivity contribution in [2.75, 3.05) is 6.61 Å². The molecule has 4 nitrogen and oxygen atoms in total. The summed E-state index contributed by atoms with van der Waals surface area (Å²) in [6, 6.07) is -0.308. The maximum Gasteiger partial charge on any atom is 0.236 e. The van der Waals surface area contributed by atoms with Crippen LogP contribution < -0.4 is 5.84 Å². The predicted octanol–water partition coefficient (Wildman–Crippen LogP) is 10.6. The highest BCUT2D eigenvalue weighted by Gasteiger charge is 2.18. The first kappa shape index (κ1) is 38.1. The molecular formula is C35H70N2O2. The smallest absolute Gasteiger partial charge is 0.236 e. The zero-order chi connectivity index (χ0) is 28.7. The number of aliphatic hydroxyl groups excluding tert-OH is 1. The number of hydrazine groups is 1. The van der Waals surface area contributed by atoms with Crippen molar-refractivity contribution >= 4 is 5.91 Å². The molecular weight excluding hydrogens is 480 g/mol. The van der Waals surface area contributed by atoms with Crippen molar-refractivity contribution in [1.29, 1.82) is 0 Å². The van der Waals surface area contributed by atoms with Crippen LogP contribution in [-0.4, -0.2) is 28.7 Å². The van der Waals surface area contributed by atoms with E-state index < -0.39 is 0 Å². The predicted molar refractivity (Wildman–Crippen MR) is 172 cm³/mol. The molecule has 4 heteroatoms. The van der Waals surface area contributed by atoms with Crippen molar-refractivity contribution in [3.05, 3.63) is 12.2 Å². The topological polar surface area (TPSA) is 66.6 Å². The van der Waals surface area contributed by atoms with Crippen LogP contribution >= 0.6 is 0 Å². The fourth-order valence-corrected chi connectivity index (χ4v) is 5.38. The van der Waals surface area contributed by atoms with Gasteiger partial charge in [0.15, 0.2) is 0 Å². The van der Waals surface area contributed by atoms with Crippen molar-refractivity contribution in [3.8, 4) is 0 Å². The molecule has 3 N–H and O–H groups in total. The lowest BCUT2D eigenvalue weighted by molar-refractivity contribution is -0.134. The standard InChI is InChI=1S/C35H70N2O2/c1-3-5-7-9-11-13-15-17-19-21-23-25-27-29-31-34(33-38)37(36)35(39)32-30-28-26-24-22-20-18-16-14-12-10-8-6-4-2/h27,29,34,38H,3-26,28,30-33,36H2,1-2H3/b29-27+/t34-/m1/s1. The van der Waals surface area contributed by atoms with Crippen LogP contribution in [0.2, 0.25) is 0 Å². The Morgan fingerprint density at radius 2 is 0.949 bits per heavy atom. The maximum absolute atomic E-state index is 12.5. The maximum atomic E-state index is 12.5. The van der Waals surface area contributed by atoms with Gasteiger partial charge < -0.3 is 5.11 Å². The SMILES string of the molecule is CCCCCCCCCCCCC/C=C/C[C@H](CO)N(N)C(=O)CCCCCCCCCCCCCCCC. The monoisotopic (exact) mass is 551 g/mol. The second kappa shape index (κ2) is 31.7. The van der Waals surface area contributed by atoms with E-state index in [1.54, 1.807) is 0 Å². The molecule has 0 heterocycles. The molecule has 1 amide bonds. The van der Waals surface area contributed by atoms with Crippen LogP contribution in [0.1, 0.15) is 194 Å². The average molecular weight is 551 g/mol. The molecule has 39 heavy (non-hydrogen) atoms. The van der Waals surface area contributed by atoms with Gasteiger partial charge in [-0.1, -0.05) is 174 Å². The highest BCUT2D eigenvalue weighted by atomic mass is 16.3. The summed E-state index contributed by atoms with van der Waals surface area (Å²) in [6.07, 6.45) is 39.8. The second-order valence-corrected chi connectivity index (χ2v) is 12.0. The summed E-state index contributed by atoms with van der Waals surface area (Å²) in [5.74, 6) is 6.03. The summed E-state index contributed by atoms with van der Waals surface area (Å²) in [5, 5.41) is 11.0. The van der Waals surface area contributed by atoms with Gasteiger partial charge in [-0.05, 0) is 25.7 Å². The van der Waals surface area contributed by atoms with Crippen LogP contribution in [0.3, 0.4) is 0 Å². The Hall–Kier alpha value is -0.870. The summed E-state index contributed by atoms with van der Waals surface area (Å²) in [4.78, 5) is 12.5. The molecule has 232 valence electrons. The zero-order valence-corrected chi connectivity index (χ0v) is 26.6. The number of carbonyl (C=O) groups is 1. The van der Waals surface area contributed by atoms with Gasteiger partial charge in [0.2, 0.25) is 5.91 Å². The number of hydrogen-bond donors (Lipinski definition) is 2. The van der Waals surface area contributed by atoms with Gasteiger partial charge in [-0.15, -0.1) is 0 Å². The lowest BCUT2D eigenvalue weighted by atomic mass is 10.0. The molecule has 0 aliphatic carbocycles. The second-order valence-electron chi connectivity index (χ2n) is 12.0. The molecule has 0 rings (SSSR count). The van der Waals surface area contributed by atoms with Gasteiger partial charge in [0.1, 0.15) is 0 Å². The Balaban J connectivity index is 3.62. The van der Waals surface area contributed by atoms with Gasteiger partial charge in [-0.25, -0.2) is 5.84 Å². The number of allylic oxidation sites excluding steroid dienone is 1. The Bertz CT molecular complexity index is 523. The van der Waals surface area contributed by atoms with E-state index in [2.05, 4.69) is 26.0 Å². The molecule has 0 aliphatic heterocycles. The summed E-state index contributed by atoms with van der Waals surface area (Å²) in [5.41, 5.74) is 0. The first-order chi connectivity index (χ1) is 19.2. The van der Waals surface area contributed by atoms with Gasteiger partial charge >= 0.3 is 0 Å². The van der Waals surface area contributed by atoms with Crippen LogP contribution in [0.5, 0.6) is 0 Å². The minimum absolute atomic E-state index is 0.0354. The van der Waals surface area contributed by atoms with Crippen LogP contribution in [-0.2, 0) is 4.79 Å². The van der Waals surface area contributed by atoms with Gasteiger partial charge in [-0.3, -0.25) is 9.80 Å². The lowest BCUT2D eigenvalue weighted by Crippen LogP contribution is -2.47. The Morgan fingerprint density at radius 1 is 0.590 bits per heavy atom. The van der Waals surface area contributed by atoms with E-state index in [9.17, 15) is 9.90 Å². The highest BCUT2D eigenvalue weighted by Crippen LogP contribution is 2.15. The molecule has 0 aromatic heterocycles. The molecule has 0 bridgehead atoms. The Morgan fingerprint density at radius 3 is 1.33 bits per heavy atom. The number of amides is 1. The van der Waals surface area contributed by atoms with Gasteiger partial charge in [0.05, 0.1) is 12.6 Å². The van der Waals surface area contributed by atoms with Crippen LogP contribution in [0.15, 0.2) is 12.2 Å². The molecule has 0 aromatic rings. The van der Waals surface area contributed by atoms with Crippen LogP contribution in [0.4, 0.5) is 0 Å². The summed E-state index contributed by atoms with van der Waals surface area (Å²) in [7, 11) is 0. The zero-order valence-electron chi connectivity index (χ0n) is 26.6. The molecule has 0 saturated heterocycles. The van der Waals surface area contributed by atoms with Crippen LogP contribution in [0.25, 0.3) is 0 Å². The number of carbonyl (C=O) groups excluding carboxylic acids is 1. The molecule has 0 fully saturated rings. The van der Waals surface area contributed by atoms with Crippen molar-refractivity contribution in [2.45, 2.75) is 200 Å². The average Bonchev–Trinajstić information content (AvgIpc) is 2.95. The molecule has 1 atom stereocenters. The molecule has 0 unspecified atom stereocenters. The molecule has 0 saturated carbocycles. The van der Waals surface area contributed by atoms with Crippen molar-refractivity contribution in [1.82, 2.24) is 5.01 Å². The number of nitrogens with two attached hydrogens (primary N) is 1. The third-order valence-electron chi connectivity index (χ3n) is 8.19. The summed E-state index contributed by atoms with van der Waals surface area (Å²) in [6.45, 7) is 4.47. The van der Waals surface area contributed by atoms with Crippen LogP contribution in [0, 0.1) is 0 Å². The highest BCUT2D eigenvalue weighted by molar-refractivity contribution is 5.75. The fourth-order valence-electron chi connectivity index (χ4n) is 5.38. The quantitative estimate of drug-likeness (QED) is 0.0296. The molecule has 0 aliphatic rings. The molecule has 0 spiro atoms. The van der Waals surface area contributed by atoms with E-state index in [0.717, 1.165) is 19.3 Å². The van der Waals surface area contributed by atoms with E-state index >= 15 is 0 Å². The van der Waals surface area contributed by atoms with E-state index in [4.69, 9.17) is 5.84 Å². The van der Waals surface area contributed by atoms with Crippen molar-refractivity contribution in [3.63, 3.8) is 0 Å². The summed E-state index contributed by atoms with van der Waals surface area (Å²) < 4.78 is 0. The summed E-state index contributed by atoms with van der Waals surface area (Å²) >= 11 is 0. The first-order valence-corrected chi connectivity index (χ1v) is 17.5. The number of unbranched alkanes of at least 4 members (excludes halogenated alkanes) is 24. The Labute approximate surface area is 244 Å². The number of nitrogens with zero attached hydrogens (tertiary/aromatic N) is 1. The van der Waals surface area contributed by atoms with E-state index in [0.29, 0.717) is 12.8 Å². The number of rotatable bonds is 31. The van der Waals surface area contributed by atoms with Gasteiger partial charge in [0, 0.05) is 6.42 Å². The number of aliphatic hydroxyl groups is 1. The van der Waals surface area contributed by atoms with E-state index in [1.165, 1.54) is 153 Å². The first-order valence-electron chi connectivity index (χ1n) is 17.5. The number of hydrogen-bond acceptors (Lipinski definition) is 3. The van der Waals surface area contributed by atoms with Crippen molar-refractivity contribution in [2.24, 2.45) is 5.84 Å². The minimum Gasteiger partial charge on any atom is -0.394 e. The lowest BCUT2D eigenvalue weighted by Gasteiger charge is -2.25. The largest absolute Gasteiger partial charge is 0.394 e. The van der Waals surface area contributed by atoms with E-state index in [-0.39, 0.29) is 18.6 Å². The van der Waals surface area contributed by atoms with Gasteiger partial charge in [0.25, 0.3) is 0 Å². The third-order valence-corrected chi connectivity index (χ3v) is 8.19. The normalized spacial score (nSPS) is 12.4. The Kier molecular flexibility index (Phi) is 30.9. The third kappa shape index (κ3) is 27.1. The minimum atomic E-state index is -0.308. The van der Waals surface area contributed by atoms with E-state index in [1.807, 2.05) is 0 Å². The fraction of sp³-hybridized carbons (Fsp3) is 0.914. The molecule has 0 radical (unpaired) electrons.